The highest BCUT2D eigenvalue weighted by Crippen LogP contribution is 2.16. The molecule has 2 aromatic carbocycles. The fourth-order valence-electron chi connectivity index (χ4n) is 2.47. The number of carbonyl (C=O) groups is 1. The van der Waals surface area contributed by atoms with E-state index in [9.17, 15) is 9.90 Å². The largest absolute Gasteiger partial charge is 0.396 e. The van der Waals surface area contributed by atoms with Crippen LogP contribution in [-0.4, -0.2) is 31.8 Å². The van der Waals surface area contributed by atoms with Gasteiger partial charge in [-0.3, -0.25) is 0 Å². The van der Waals surface area contributed by atoms with E-state index in [4.69, 9.17) is 0 Å². The Morgan fingerprint density at radius 1 is 1.12 bits per heavy atom. The predicted octanol–water partition coefficient (Wildman–Crippen LogP) is 2.68. The first-order chi connectivity index (χ1) is 11.6. The molecule has 0 saturated carbocycles. The predicted molar refractivity (Wildman–Crippen MR) is 97.0 cm³/mol. The molecule has 0 radical (unpaired) electrons. The highest BCUT2D eigenvalue weighted by Gasteiger charge is 2.13. The standard InChI is InChI=1S/C19H25N3O2/c1-22(2)17-10-6-7-15(13-17)14-20-19(24)21-18(11-12-23)16-8-4-3-5-9-16/h3-10,13,18,23H,11-12,14H2,1-2H3,(H2,20,21,24)/t18-/m1/s1. The Bertz CT molecular complexity index is 644. The van der Waals surface area contributed by atoms with Crippen molar-refractivity contribution in [1.29, 1.82) is 0 Å². The Hall–Kier alpha value is -2.53. The summed E-state index contributed by atoms with van der Waals surface area (Å²) in [4.78, 5) is 14.2. The lowest BCUT2D eigenvalue weighted by atomic mass is 10.0. The monoisotopic (exact) mass is 327 g/mol. The highest BCUT2D eigenvalue weighted by molar-refractivity contribution is 5.74. The van der Waals surface area contributed by atoms with Gasteiger partial charge in [0, 0.05) is 32.9 Å². The maximum Gasteiger partial charge on any atom is 0.315 e. The summed E-state index contributed by atoms with van der Waals surface area (Å²) >= 11 is 0. The Labute approximate surface area is 143 Å². The molecular formula is C19H25N3O2. The van der Waals surface area contributed by atoms with Gasteiger partial charge in [0.15, 0.2) is 0 Å². The Kier molecular flexibility index (Phi) is 6.63. The van der Waals surface area contributed by atoms with Crippen LogP contribution < -0.4 is 15.5 Å². The molecule has 0 unspecified atom stereocenters. The SMILES string of the molecule is CN(C)c1cccc(CNC(=O)N[C@H](CCO)c2ccccc2)c1. The van der Waals surface area contributed by atoms with Crippen LogP contribution in [-0.2, 0) is 6.54 Å². The summed E-state index contributed by atoms with van der Waals surface area (Å²) in [6, 6.07) is 17.2. The molecule has 24 heavy (non-hydrogen) atoms. The number of hydrogen-bond acceptors (Lipinski definition) is 3. The molecule has 0 aliphatic heterocycles. The van der Waals surface area contributed by atoms with E-state index in [1.54, 1.807) is 0 Å². The second-order valence-electron chi connectivity index (χ2n) is 5.87. The van der Waals surface area contributed by atoms with Crippen LogP contribution in [0.25, 0.3) is 0 Å². The molecule has 0 aromatic heterocycles. The lowest BCUT2D eigenvalue weighted by Gasteiger charge is -2.19. The number of rotatable bonds is 7. The quantitative estimate of drug-likeness (QED) is 0.732. The van der Waals surface area contributed by atoms with E-state index in [2.05, 4.69) is 10.6 Å². The van der Waals surface area contributed by atoms with Gasteiger partial charge in [0.05, 0.1) is 6.04 Å². The average molecular weight is 327 g/mol. The van der Waals surface area contributed by atoms with Crippen LogP contribution in [0.1, 0.15) is 23.6 Å². The van der Waals surface area contributed by atoms with Crippen LogP contribution in [0, 0.1) is 0 Å². The Balaban J connectivity index is 1.93. The summed E-state index contributed by atoms with van der Waals surface area (Å²) in [7, 11) is 3.97. The molecule has 0 saturated heterocycles. The number of carbonyl (C=O) groups excluding carboxylic acids is 1. The molecule has 2 amide bonds. The summed E-state index contributed by atoms with van der Waals surface area (Å²) in [6.45, 7) is 0.471. The van der Waals surface area contributed by atoms with Crippen molar-refractivity contribution < 1.29 is 9.90 Å². The van der Waals surface area contributed by atoms with E-state index in [-0.39, 0.29) is 18.7 Å². The third-order valence-corrected chi connectivity index (χ3v) is 3.81. The number of nitrogens with one attached hydrogen (secondary N) is 2. The van der Waals surface area contributed by atoms with Crippen LogP contribution in [0.4, 0.5) is 10.5 Å². The van der Waals surface area contributed by atoms with Gasteiger partial charge in [0.25, 0.3) is 0 Å². The molecule has 0 bridgehead atoms. The molecule has 2 aromatic rings. The lowest BCUT2D eigenvalue weighted by molar-refractivity contribution is 0.229. The third-order valence-electron chi connectivity index (χ3n) is 3.81. The van der Waals surface area contributed by atoms with E-state index in [1.165, 1.54) is 0 Å². The topological polar surface area (TPSA) is 64.6 Å². The molecule has 0 aliphatic carbocycles. The van der Waals surface area contributed by atoms with Crippen molar-refractivity contribution in [2.24, 2.45) is 0 Å². The molecule has 0 heterocycles. The highest BCUT2D eigenvalue weighted by atomic mass is 16.3. The fourth-order valence-corrected chi connectivity index (χ4v) is 2.47. The molecule has 0 aliphatic rings. The number of nitrogens with zero attached hydrogens (tertiary/aromatic N) is 1. The smallest absolute Gasteiger partial charge is 0.315 e. The van der Waals surface area contributed by atoms with Gasteiger partial charge < -0.3 is 20.6 Å². The van der Waals surface area contributed by atoms with Crippen molar-refractivity contribution in [2.75, 3.05) is 25.6 Å². The number of benzene rings is 2. The number of aliphatic hydroxyl groups is 1. The summed E-state index contributed by atoms with van der Waals surface area (Å²) in [5.74, 6) is 0. The maximum absolute atomic E-state index is 12.2. The van der Waals surface area contributed by atoms with Gasteiger partial charge in [-0.15, -0.1) is 0 Å². The van der Waals surface area contributed by atoms with Gasteiger partial charge in [-0.2, -0.15) is 0 Å². The van der Waals surface area contributed by atoms with E-state index in [0.717, 1.165) is 16.8 Å². The van der Waals surface area contributed by atoms with Gasteiger partial charge >= 0.3 is 6.03 Å². The average Bonchev–Trinajstić information content (AvgIpc) is 2.60. The zero-order chi connectivity index (χ0) is 17.4. The minimum absolute atomic E-state index is 0.0186. The van der Waals surface area contributed by atoms with E-state index in [0.29, 0.717) is 13.0 Å². The summed E-state index contributed by atoms with van der Waals surface area (Å²) < 4.78 is 0. The molecule has 5 heteroatoms. The first-order valence-corrected chi connectivity index (χ1v) is 8.06. The van der Waals surface area contributed by atoms with Crippen molar-refractivity contribution in [1.82, 2.24) is 10.6 Å². The van der Waals surface area contributed by atoms with E-state index < -0.39 is 0 Å². The zero-order valence-corrected chi connectivity index (χ0v) is 14.2. The second-order valence-corrected chi connectivity index (χ2v) is 5.87. The van der Waals surface area contributed by atoms with Crippen molar-refractivity contribution in [3.63, 3.8) is 0 Å². The number of hydrogen-bond donors (Lipinski definition) is 3. The first-order valence-electron chi connectivity index (χ1n) is 8.06. The van der Waals surface area contributed by atoms with Crippen LogP contribution in [0.2, 0.25) is 0 Å². The molecule has 2 rings (SSSR count). The molecular weight excluding hydrogens is 302 g/mol. The first kappa shape index (κ1) is 17.8. The minimum Gasteiger partial charge on any atom is -0.396 e. The van der Waals surface area contributed by atoms with Crippen molar-refractivity contribution in [2.45, 2.75) is 19.0 Å². The van der Waals surface area contributed by atoms with Gasteiger partial charge in [-0.05, 0) is 29.7 Å². The van der Waals surface area contributed by atoms with Crippen molar-refractivity contribution in [3.05, 3.63) is 65.7 Å². The number of aliphatic hydroxyl groups excluding tert-OH is 1. The third kappa shape index (κ3) is 5.28. The van der Waals surface area contributed by atoms with E-state index in [1.807, 2.05) is 73.6 Å². The van der Waals surface area contributed by atoms with Crippen molar-refractivity contribution >= 4 is 11.7 Å². The molecule has 128 valence electrons. The zero-order valence-electron chi connectivity index (χ0n) is 14.2. The number of urea groups is 1. The summed E-state index contributed by atoms with van der Waals surface area (Å²) in [5, 5.41) is 15.0. The summed E-state index contributed by atoms with van der Waals surface area (Å²) in [6.07, 6.45) is 0.480. The molecule has 3 N–H and O–H groups in total. The Morgan fingerprint density at radius 3 is 2.54 bits per heavy atom. The lowest BCUT2D eigenvalue weighted by Crippen LogP contribution is -2.38. The normalized spacial score (nSPS) is 11.6. The van der Waals surface area contributed by atoms with Gasteiger partial charge in [0.2, 0.25) is 0 Å². The number of anilines is 1. The molecule has 0 fully saturated rings. The fraction of sp³-hybridized carbons (Fsp3) is 0.316. The Morgan fingerprint density at radius 2 is 1.88 bits per heavy atom. The van der Waals surface area contributed by atoms with Crippen LogP contribution in [0.5, 0.6) is 0 Å². The molecule has 0 spiro atoms. The maximum atomic E-state index is 12.2. The number of amides is 2. The minimum atomic E-state index is -0.243. The molecule has 5 nitrogen and oxygen atoms in total. The van der Waals surface area contributed by atoms with Crippen molar-refractivity contribution in [3.8, 4) is 0 Å². The summed E-state index contributed by atoms with van der Waals surface area (Å²) in [5.41, 5.74) is 3.11. The van der Waals surface area contributed by atoms with Gasteiger partial charge in [0.1, 0.15) is 0 Å². The van der Waals surface area contributed by atoms with Crippen LogP contribution >= 0.6 is 0 Å². The second kappa shape index (κ2) is 8.93. The van der Waals surface area contributed by atoms with Gasteiger partial charge in [-0.1, -0.05) is 42.5 Å². The molecule has 1 atom stereocenters. The van der Waals surface area contributed by atoms with E-state index >= 15 is 0 Å². The van der Waals surface area contributed by atoms with Crippen LogP contribution in [0.15, 0.2) is 54.6 Å². The van der Waals surface area contributed by atoms with Gasteiger partial charge in [-0.25, -0.2) is 4.79 Å². The van der Waals surface area contributed by atoms with Crippen LogP contribution in [0.3, 0.4) is 0 Å².